The van der Waals surface area contributed by atoms with Crippen molar-refractivity contribution in [2.24, 2.45) is 0 Å². The molecule has 3 nitrogen and oxygen atoms in total. The Bertz CT molecular complexity index is 335. The number of halogens is 5. The summed E-state index contributed by atoms with van der Waals surface area (Å²) in [5.74, 6) is -5.02. The molecule has 0 atom stereocenters. The minimum absolute atomic E-state index is 0.0248. The molecule has 0 heterocycles. The lowest BCUT2D eigenvalue weighted by molar-refractivity contribution is -0.284. The van der Waals surface area contributed by atoms with E-state index in [4.69, 9.17) is 0 Å². The maximum absolute atomic E-state index is 12.6. The highest BCUT2D eigenvalue weighted by molar-refractivity contribution is 5.75. The molecule has 0 aromatic heterocycles. The van der Waals surface area contributed by atoms with Gasteiger partial charge in [-0.25, -0.2) is 5.11 Å². The molecule has 143 valence electrons. The van der Waals surface area contributed by atoms with Crippen molar-refractivity contribution in [3.05, 3.63) is 0 Å². The SMILES string of the molecule is [O]CCCCCCCCCCC(=O)NCCCC(F)(F)C(F)(F)F. The molecule has 0 spiro atoms. The molecule has 0 unspecified atom stereocenters. The minimum Gasteiger partial charge on any atom is -0.356 e. The Morgan fingerprint density at radius 1 is 0.750 bits per heavy atom. The zero-order valence-electron chi connectivity index (χ0n) is 13.9. The third-order valence-electron chi connectivity index (χ3n) is 3.70. The molecule has 0 aromatic rings. The smallest absolute Gasteiger partial charge is 0.356 e. The first-order chi connectivity index (χ1) is 11.2. The van der Waals surface area contributed by atoms with Crippen LogP contribution in [0.5, 0.6) is 0 Å². The van der Waals surface area contributed by atoms with Crippen LogP contribution in [0.15, 0.2) is 0 Å². The molecule has 0 saturated heterocycles. The molecule has 8 heteroatoms. The van der Waals surface area contributed by atoms with Crippen LogP contribution in [0.4, 0.5) is 22.0 Å². The van der Waals surface area contributed by atoms with Gasteiger partial charge in [-0.15, -0.1) is 0 Å². The lowest BCUT2D eigenvalue weighted by Crippen LogP contribution is -2.37. The van der Waals surface area contributed by atoms with Gasteiger partial charge in [0.25, 0.3) is 0 Å². The number of carbonyl (C=O) groups is 1. The van der Waals surface area contributed by atoms with Crippen molar-refractivity contribution in [2.45, 2.75) is 82.7 Å². The van der Waals surface area contributed by atoms with E-state index in [1.54, 1.807) is 0 Å². The summed E-state index contributed by atoms with van der Waals surface area (Å²) in [7, 11) is 0. The van der Waals surface area contributed by atoms with Crippen LogP contribution in [0.1, 0.15) is 70.6 Å². The molecular formula is C16H27F5NO2. The second-order valence-electron chi connectivity index (χ2n) is 5.94. The second-order valence-corrected chi connectivity index (χ2v) is 5.94. The van der Waals surface area contributed by atoms with Gasteiger partial charge in [0.2, 0.25) is 5.91 Å². The summed E-state index contributed by atoms with van der Waals surface area (Å²) in [5.41, 5.74) is 0. The van der Waals surface area contributed by atoms with E-state index in [-0.39, 0.29) is 25.5 Å². The van der Waals surface area contributed by atoms with Crippen molar-refractivity contribution in [1.29, 1.82) is 0 Å². The number of hydrogen-bond donors (Lipinski definition) is 1. The average molecular weight is 360 g/mol. The maximum Gasteiger partial charge on any atom is 0.453 e. The Morgan fingerprint density at radius 3 is 1.75 bits per heavy atom. The molecule has 0 aliphatic rings. The van der Waals surface area contributed by atoms with Gasteiger partial charge in [-0.1, -0.05) is 38.5 Å². The van der Waals surface area contributed by atoms with Crippen molar-refractivity contribution >= 4 is 5.91 Å². The summed E-state index contributed by atoms with van der Waals surface area (Å²) in [6.07, 6.45) is 0.365. The number of alkyl halides is 5. The standard InChI is InChI=1S/C16H27F5NO2/c17-15(18,16(19,20)21)11-9-12-22-14(24)10-7-5-3-1-2-4-6-8-13-23/h1-13H2,(H,22,24). The van der Waals surface area contributed by atoms with Gasteiger partial charge in [0.15, 0.2) is 0 Å². The summed E-state index contributed by atoms with van der Waals surface area (Å²) in [6.45, 7) is -0.201. The van der Waals surface area contributed by atoms with Gasteiger partial charge < -0.3 is 5.32 Å². The second kappa shape index (κ2) is 12.4. The lowest BCUT2D eigenvalue weighted by Gasteiger charge is -2.19. The first-order valence-corrected chi connectivity index (χ1v) is 8.50. The molecular weight excluding hydrogens is 333 g/mol. The Morgan fingerprint density at radius 2 is 1.25 bits per heavy atom. The molecule has 0 fully saturated rings. The van der Waals surface area contributed by atoms with Gasteiger partial charge in [-0.3, -0.25) is 4.79 Å². The quantitative estimate of drug-likeness (QED) is 0.343. The molecule has 0 aliphatic heterocycles. The molecule has 0 bridgehead atoms. The first-order valence-electron chi connectivity index (χ1n) is 8.50. The molecule has 1 amide bonds. The highest BCUT2D eigenvalue weighted by Crippen LogP contribution is 2.38. The lowest BCUT2D eigenvalue weighted by atomic mass is 10.1. The van der Waals surface area contributed by atoms with E-state index in [0.717, 1.165) is 44.9 Å². The van der Waals surface area contributed by atoms with Gasteiger partial charge in [0.1, 0.15) is 0 Å². The van der Waals surface area contributed by atoms with E-state index in [1.165, 1.54) is 0 Å². The molecule has 1 radical (unpaired) electrons. The summed E-state index contributed by atoms with van der Waals surface area (Å²) in [4.78, 5) is 11.4. The highest BCUT2D eigenvalue weighted by atomic mass is 19.4. The van der Waals surface area contributed by atoms with E-state index in [1.807, 2.05) is 0 Å². The highest BCUT2D eigenvalue weighted by Gasteiger charge is 2.56. The number of carbonyl (C=O) groups excluding carboxylic acids is 1. The van der Waals surface area contributed by atoms with Crippen LogP contribution in [0.25, 0.3) is 0 Å². The summed E-state index contributed by atoms with van der Waals surface area (Å²) in [6, 6.07) is 0. The van der Waals surface area contributed by atoms with Crippen molar-refractivity contribution in [1.82, 2.24) is 5.32 Å². The Balaban J connectivity index is 3.48. The van der Waals surface area contributed by atoms with Crippen LogP contribution < -0.4 is 5.32 Å². The van der Waals surface area contributed by atoms with Crippen LogP contribution in [0.2, 0.25) is 0 Å². The van der Waals surface area contributed by atoms with Gasteiger partial charge in [-0.05, 0) is 19.3 Å². The molecule has 1 N–H and O–H groups in total. The Hall–Kier alpha value is -0.920. The molecule has 24 heavy (non-hydrogen) atoms. The van der Waals surface area contributed by atoms with Crippen LogP contribution >= 0.6 is 0 Å². The van der Waals surface area contributed by atoms with Crippen molar-refractivity contribution in [3.8, 4) is 0 Å². The normalized spacial score (nSPS) is 12.4. The Kier molecular flexibility index (Phi) is 12.0. The fourth-order valence-electron chi connectivity index (χ4n) is 2.22. The number of amides is 1. The fraction of sp³-hybridized carbons (Fsp3) is 0.938. The zero-order valence-corrected chi connectivity index (χ0v) is 13.9. The largest absolute Gasteiger partial charge is 0.453 e. The Labute approximate surface area is 140 Å². The minimum atomic E-state index is -5.54. The predicted molar refractivity (Wildman–Crippen MR) is 80.4 cm³/mol. The molecule has 0 aliphatic carbocycles. The summed E-state index contributed by atoms with van der Waals surface area (Å²) in [5, 5.41) is 12.6. The fourth-order valence-corrected chi connectivity index (χ4v) is 2.22. The van der Waals surface area contributed by atoms with Crippen LogP contribution in [-0.4, -0.2) is 31.2 Å². The maximum atomic E-state index is 12.6. The van der Waals surface area contributed by atoms with Gasteiger partial charge in [0, 0.05) is 19.4 Å². The van der Waals surface area contributed by atoms with Gasteiger partial charge in [-0.2, -0.15) is 22.0 Å². The number of hydrogen-bond acceptors (Lipinski definition) is 1. The van der Waals surface area contributed by atoms with E-state index < -0.39 is 24.9 Å². The number of nitrogens with one attached hydrogen (secondary N) is 1. The topological polar surface area (TPSA) is 49.0 Å². The van der Waals surface area contributed by atoms with Crippen molar-refractivity contribution in [2.75, 3.05) is 13.2 Å². The average Bonchev–Trinajstić information content (AvgIpc) is 2.49. The number of unbranched alkanes of at least 4 members (excludes halogenated alkanes) is 7. The van der Waals surface area contributed by atoms with E-state index >= 15 is 0 Å². The van der Waals surface area contributed by atoms with E-state index in [0.29, 0.717) is 6.42 Å². The third-order valence-corrected chi connectivity index (χ3v) is 3.70. The van der Waals surface area contributed by atoms with Crippen LogP contribution in [0, 0.1) is 0 Å². The third kappa shape index (κ3) is 11.6. The molecule has 0 rings (SSSR count). The van der Waals surface area contributed by atoms with Crippen LogP contribution in [0.3, 0.4) is 0 Å². The number of rotatable bonds is 14. The summed E-state index contributed by atoms with van der Waals surface area (Å²) >= 11 is 0. The molecule has 0 aromatic carbocycles. The van der Waals surface area contributed by atoms with Crippen molar-refractivity contribution < 1.29 is 31.9 Å². The van der Waals surface area contributed by atoms with Crippen LogP contribution in [-0.2, 0) is 9.90 Å². The zero-order chi connectivity index (χ0) is 18.5. The van der Waals surface area contributed by atoms with E-state index in [9.17, 15) is 31.9 Å². The van der Waals surface area contributed by atoms with Gasteiger partial charge in [0.05, 0.1) is 6.61 Å². The van der Waals surface area contributed by atoms with Crippen molar-refractivity contribution in [3.63, 3.8) is 0 Å². The van der Waals surface area contributed by atoms with E-state index in [2.05, 4.69) is 5.32 Å². The molecule has 0 saturated carbocycles. The monoisotopic (exact) mass is 360 g/mol. The van der Waals surface area contributed by atoms with Gasteiger partial charge >= 0.3 is 12.1 Å². The summed E-state index contributed by atoms with van der Waals surface area (Å²) < 4.78 is 61.0. The predicted octanol–water partition coefficient (Wildman–Crippen LogP) is 5.02. The first kappa shape index (κ1) is 23.1.